The van der Waals surface area contributed by atoms with Gasteiger partial charge in [0.1, 0.15) is 12.4 Å². The maximum atomic E-state index is 10.4. The SMILES string of the molecule is C[n+]1ccn(CCCCS(=O)(=O)O)c1.[Cl-]. The van der Waals surface area contributed by atoms with E-state index in [0.29, 0.717) is 6.42 Å². The van der Waals surface area contributed by atoms with Gasteiger partial charge in [0.05, 0.1) is 19.3 Å². The van der Waals surface area contributed by atoms with Crippen LogP contribution in [-0.4, -0.2) is 23.3 Å². The zero-order valence-electron chi connectivity index (χ0n) is 8.50. The summed E-state index contributed by atoms with van der Waals surface area (Å²) in [4.78, 5) is 0. The van der Waals surface area contributed by atoms with Crippen LogP contribution in [0.25, 0.3) is 0 Å². The predicted octanol–water partition coefficient (Wildman–Crippen LogP) is -3.02. The fraction of sp³-hybridized carbons (Fsp3) is 0.625. The van der Waals surface area contributed by atoms with E-state index in [0.717, 1.165) is 13.0 Å². The molecule has 1 rings (SSSR count). The standard InChI is InChI=1S/C8H14N2O3S.ClH/c1-9-5-6-10(8-9)4-2-3-7-14(11,12)13;/h5-6,8H,2-4,7H2,1H3;1H. The van der Waals surface area contributed by atoms with Crippen LogP contribution in [0, 0.1) is 0 Å². The third-order valence-corrected chi connectivity index (χ3v) is 2.70. The van der Waals surface area contributed by atoms with Gasteiger partial charge in [-0.05, 0) is 12.8 Å². The van der Waals surface area contributed by atoms with Crippen LogP contribution >= 0.6 is 0 Å². The summed E-state index contributed by atoms with van der Waals surface area (Å²) in [5.41, 5.74) is 0. The van der Waals surface area contributed by atoms with Gasteiger partial charge in [-0.15, -0.1) is 0 Å². The smallest absolute Gasteiger partial charge is 0.264 e. The summed E-state index contributed by atoms with van der Waals surface area (Å²) in [6.07, 6.45) is 7.00. The second kappa shape index (κ2) is 6.09. The van der Waals surface area contributed by atoms with Gasteiger partial charge in [-0.1, -0.05) is 0 Å². The molecule has 1 aromatic rings. The average Bonchev–Trinajstić information content (AvgIpc) is 2.44. The van der Waals surface area contributed by atoms with E-state index in [1.807, 2.05) is 34.9 Å². The quantitative estimate of drug-likeness (QED) is 0.346. The molecule has 0 bridgehead atoms. The molecule has 0 spiro atoms. The lowest BCUT2D eigenvalue weighted by atomic mass is 10.3. The van der Waals surface area contributed by atoms with Crippen LogP contribution in [0.15, 0.2) is 18.7 Å². The molecule has 1 heterocycles. The molecule has 1 N–H and O–H groups in total. The van der Waals surface area contributed by atoms with E-state index in [-0.39, 0.29) is 18.2 Å². The van der Waals surface area contributed by atoms with E-state index in [1.165, 1.54) is 0 Å². The van der Waals surface area contributed by atoms with Crippen molar-refractivity contribution in [2.75, 3.05) is 5.75 Å². The first kappa shape index (κ1) is 14.4. The average molecular weight is 255 g/mol. The lowest BCUT2D eigenvalue weighted by Crippen LogP contribution is -3.00. The Morgan fingerprint density at radius 1 is 1.40 bits per heavy atom. The van der Waals surface area contributed by atoms with E-state index >= 15 is 0 Å². The largest absolute Gasteiger partial charge is 1.00 e. The number of halogens is 1. The zero-order valence-corrected chi connectivity index (χ0v) is 10.1. The molecular weight excluding hydrogens is 240 g/mol. The van der Waals surface area contributed by atoms with Gasteiger partial charge in [-0.25, -0.2) is 9.13 Å². The second-order valence-corrected chi connectivity index (χ2v) is 4.88. The first-order valence-electron chi connectivity index (χ1n) is 4.43. The van der Waals surface area contributed by atoms with Gasteiger partial charge >= 0.3 is 0 Å². The summed E-state index contributed by atoms with van der Waals surface area (Å²) in [6, 6.07) is 0. The van der Waals surface area contributed by atoms with Gasteiger partial charge in [-0.2, -0.15) is 8.42 Å². The maximum absolute atomic E-state index is 10.4. The van der Waals surface area contributed by atoms with Crippen molar-refractivity contribution in [3.8, 4) is 0 Å². The summed E-state index contributed by atoms with van der Waals surface area (Å²) in [7, 11) is -1.86. The molecule has 0 aliphatic carbocycles. The Bertz CT molecular complexity index is 388. The molecule has 7 heteroatoms. The van der Waals surface area contributed by atoms with Gasteiger partial charge in [0.25, 0.3) is 10.1 Å². The van der Waals surface area contributed by atoms with Crippen LogP contribution in [0.2, 0.25) is 0 Å². The number of nitrogens with zero attached hydrogens (tertiary/aromatic N) is 2. The van der Waals surface area contributed by atoms with E-state index in [2.05, 4.69) is 0 Å². The molecule has 0 amide bonds. The zero-order chi connectivity index (χ0) is 10.6. The van der Waals surface area contributed by atoms with Crippen molar-refractivity contribution < 1.29 is 29.9 Å². The Morgan fingerprint density at radius 2 is 2.07 bits per heavy atom. The number of aryl methyl sites for hydroxylation is 2. The number of aromatic nitrogens is 2. The molecule has 0 saturated heterocycles. The predicted molar refractivity (Wildman–Crippen MR) is 51.3 cm³/mol. The summed E-state index contributed by atoms with van der Waals surface area (Å²) in [5.74, 6) is -0.152. The molecule has 0 radical (unpaired) electrons. The van der Waals surface area contributed by atoms with Crippen molar-refractivity contribution in [1.82, 2.24) is 4.57 Å². The summed E-state index contributed by atoms with van der Waals surface area (Å²) < 4.78 is 33.2. The van der Waals surface area contributed by atoms with Crippen LogP contribution < -0.4 is 17.0 Å². The topological polar surface area (TPSA) is 63.2 Å². The van der Waals surface area contributed by atoms with Gasteiger partial charge in [0.15, 0.2) is 0 Å². The van der Waals surface area contributed by atoms with Crippen molar-refractivity contribution in [3.05, 3.63) is 18.7 Å². The van der Waals surface area contributed by atoms with Crippen LogP contribution in [0.4, 0.5) is 0 Å². The molecule has 0 aromatic carbocycles. The fourth-order valence-electron chi connectivity index (χ4n) is 1.21. The number of unbranched alkanes of at least 4 members (excludes halogenated alkanes) is 1. The Morgan fingerprint density at radius 3 is 2.53 bits per heavy atom. The highest BCUT2D eigenvalue weighted by atomic mass is 35.5. The minimum atomic E-state index is -3.79. The molecule has 0 aliphatic rings. The highest BCUT2D eigenvalue weighted by Gasteiger charge is 2.05. The molecule has 0 fully saturated rings. The first-order chi connectivity index (χ1) is 6.47. The number of rotatable bonds is 5. The highest BCUT2D eigenvalue weighted by Crippen LogP contribution is 1.97. The first-order valence-corrected chi connectivity index (χ1v) is 6.04. The number of imidazole rings is 1. The molecule has 0 unspecified atom stereocenters. The normalized spacial score (nSPS) is 11.1. The van der Waals surface area contributed by atoms with Gasteiger partial charge in [-0.3, -0.25) is 4.55 Å². The molecular formula is C8H15ClN2O3S. The Labute approximate surface area is 95.9 Å². The third-order valence-electron chi connectivity index (χ3n) is 1.89. The van der Waals surface area contributed by atoms with E-state index in [1.54, 1.807) is 0 Å². The second-order valence-electron chi connectivity index (χ2n) is 3.31. The lowest BCUT2D eigenvalue weighted by Gasteiger charge is -1.96. The monoisotopic (exact) mass is 254 g/mol. The van der Waals surface area contributed by atoms with Gasteiger partial charge in [0.2, 0.25) is 6.33 Å². The molecule has 88 valence electrons. The molecule has 0 saturated carbocycles. The lowest BCUT2D eigenvalue weighted by molar-refractivity contribution is -0.671. The molecule has 0 atom stereocenters. The number of hydrogen-bond acceptors (Lipinski definition) is 2. The van der Waals surface area contributed by atoms with Crippen LogP contribution in [-0.2, 0) is 23.7 Å². The molecule has 15 heavy (non-hydrogen) atoms. The molecule has 5 nitrogen and oxygen atoms in total. The van der Waals surface area contributed by atoms with Gasteiger partial charge in [0, 0.05) is 0 Å². The summed E-state index contributed by atoms with van der Waals surface area (Å²) >= 11 is 0. The van der Waals surface area contributed by atoms with E-state index in [4.69, 9.17) is 4.55 Å². The maximum Gasteiger partial charge on any atom is 0.264 e. The van der Waals surface area contributed by atoms with Crippen LogP contribution in [0.1, 0.15) is 12.8 Å². The van der Waals surface area contributed by atoms with Crippen LogP contribution in [0.5, 0.6) is 0 Å². The third kappa shape index (κ3) is 6.48. The van der Waals surface area contributed by atoms with Crippen molar-refractivity contribution in [3.63, 3.8) is 0 Å². The summed E-state index contributed by atoms with van der Waals surface area (Å²) in [6.45, 7) is 0.774. The fourth-order valence-corrected chi connectivity index (χ4v) is 1.78. The Balaban J connectivity index is 0.00000196. The Kier molecular flexibility index (Phi) is 5.85. The van der Waals surface area contributed by atoms with Crippen molar-refractivity contribution in [2.45, 2.75) is 19.4 Å². The van der Waals surface area contributed by atoms with Crippen LogP contribution in [0.3, 0.4) is 0 Å². The van der Waals surface area contributed by atoms with Crippen molar-refractivity contribution >= 4 is 10.1 Å². The van der Waals surface area contributed by atoms with E-state index < -0.39 is 10.1 Å². The number of hydrogen-bond donors (Lipinski definition) is 1. The van der Waals surface area contributed by atoms with E-state index in [9.17, 15) is 8.42 Å². The van der Waals surface area contributed by atoms with Gasteiger partial charge < -0.3 is 12.4 Å². The highest BCUT2D eigenvalue weighted by molar-refractivity contribution is 7.85. The van der Waals surface area contributed by atoms with Crippen molar-refractivity contribution in [1.29, 1.82) is 0 Å². The summed E-state index contributed by atoms with van der Waals surface area (Å²) in [5, 5.41) is 0. The minimum Gasteiger partial charge on any atom is -1.00 e. The molecule has 1 aromatic heterocycles. The van der Waals surface area contributed by atoms with Crippen molar-refractivity contribution in [2.24, 2.45) is 7.05 Å². The Hall–Kier alpha value is -0.590. The molecule has 0 aliphatic heterocycles. The minimum absolute atomic E-state index is 0.